The van der Waals surface area contributed by atoms with Gasteiger partial charge in [0.2, 0.25) is 0 Å². The fourth-order valence-electron chi connectivity index (χ4n) is 2.56. The molecule has 0 amide bonds. The van der Waals surface area contributed by atoms with Crippen molar-refractivity contribution in [1.29, 1.82) is 0 Å². The minimum absolute atomic E-state index is 0.350. The summed E-state index contributed by atoms with van der Waals surface area (Å²) in [6.45, 7) is 7.95. The Morgan fingerprint density at radius 2 is 2.06 bits per heavy atom. The standard InChI is InChI=1S/C15H22BrNO/c1-15(2)6-3-8-17(9-7-15)11-12-10-13(18)4-5-14(12)16/h4-5,10,18H,3,6-9,11H2,1-2H3. The molecule has 0 spiro atoms. The lowest BCUT2D eigenvalue weighted by molar-refractivity contribution is 0.255. The molecule has 0 saturated carbocycles. The summed E-state index contributed by atoms with van der Waals surface area (Å²) in [4.78, 5) is 2.49. The number of nitrogens with zero attached hydrogens (tertiary/aromatic N) is 1. The molecule has 18 heavy (non-hydrogen) atoms. The first-order valence-corrected chi connectivity index (χ1v) is 7.45. The maximum Gasteiger partial charge on any atom is 0.115 e. The molecule has 1 aromatic carbocycles. The van der Waals surface area contributed by atoms with Crippen molar-refractivity contribution in [3.05, 3.63) is 28.2 Å². The van der Waals surface area contributed by atoms with Crippen molar-refractivity contribution in [3.63, 3.8) is 0 Å². The summed E-state index contributed by atoms with van der Waals surface area (Å²) < 4.78 is 1.09. The third kappa shape index (κ3) is 3.72. The molecule has 0 aromatic heterocycles. The van der Waals surface area contributed by atoms with Gasteiger partial charge >= 0.3 is 0 Å². The van der Waals surface area contributed by atoms with E-state index in [9.17, 15) is 5.11 Å². The summed E-state index contributed by atoms with van der Waals surface area (Å²) in [5.74, 6) is 0.350. The van der Waals surface area contributed by atoms with Gasteiger partial charge in [0.1, 0.15) is 5.75 Å². The molecular formula is C15H22BrNO. The predicted molar refractivity (Wildman–Crippen MR) is 78.7 cm³/mol. The highest BCUT2D eigenvalue weighted by atomic mass is 79.9. The van der Waals surface area contributed by atoms with Crippen LogP contribution < -0.4 is 0 Å². The highest BCUT2D eigenvalue weighted by Crippen LogP contribution is 2.31. The average Bonchev–Trinajstić information content (AvgIpc) is 2.46. The van der Waals surface area contributed by atoms with Gasteiger partial charge in [-0.15, -0.1) is 0 Å². The van der Waals surface area contributed by atoms with Crippen LogP contribution in [0.4, 0.5) is 0 Å². The van der Waals surface area contributed by atoms with Crippen LogP contribution in [0.2, 0.25) is 0 Å². The van der Waals surface area contributed by atoms with Gasteiger partial charge in [-0.1, -0.05) is 29.8 Å². The zero-order chi connectivity index (χ0) is 13.2. The quantitative estimate of drug-likeness (QED) is 0.886. The van der Waals surface area contributed by atoms with Crippen molar-refractivity contribution < 1.29 is 5.11 Å². The molecule has 100 valence electrons. The Hall–Kier alpha value is -0.540. The first-order valence-electron chi connectivity index (χ1n) is 6.66. The summed E-state index contributed by atoms with van der Waals surface area (Å²) in [7, 11) is 0. The number of rotatable bonds is 2. The molecule has 0 radical (unpaired) electrons. The van der Waals surface area contributed by atoms with Crippen molar-refractivity contribution >= 4 is 15.9 Å². The SMILES string of the molecule is CC1(C)CCCN(Cc2cc(O)ccc2Br)CC1. The van der Waals surface area contributed by atoms with Gasteiger partial charge in [0.15, 0.2) is 0 Å². The molecule has 0 aliphatic carbocycles. The number of hydrogen-bond donors (Lipinski definition) is 1. The van der Waals surface area contributed by atoms with Crippen molar-refractivity contribution in [2.75, 3.05) is 13.1 Å². The van der Waals surface area contributed by atoms with E-state index in [4.69, 9.17) is 0 Å². The highest BCUT2D eigenvalue weighted by molar-refractivity contribution is 9.10. The Bertz CT molecular complexity index is 417. The summed E-state index contributed by atoms with van der Waals surface area (Å²) in [6.07, 6.45) is 3.83. The van der Waals surface area contributed by atoms with Crippen LogP contribution in [0.15, 0.2) is 22.7 Å². The maximum atomic E-state index is 9.57. The molecule has 1 fully saturated rings. The van der Waals surface area contributed by atoms with Gasteiger partial charge in [-0.3, -0.25) is 4.90 Å². The molecule has 0 unspecified atom stereocenters. The molecule has 1 aliphatic rings. The number of aromatic hydroxyl groups is 1. The first kappa shape index (κ1) is 13.9. The molecule has 1 aromatic rings. The largest absolute Gasteiger partial charge is 0.508 e. The molecule has 1 N–H and O–H groups in total. The number of phenols is 1. The topological polar surface area (TPSA) is 23.5 Å². The monoisotopic (exact) mass is 311 g/mol. The Kier molecular flexibility index (Phi) is 4.33. The van der Waals surface area contributed by atoms with Crippen molar-refractivity contribution in [3.8, 4) is 5.75 Å². The van der Waals surface area contributed by atoms with Crippen LogP contribution in [0.3, 0.4) is 0 Å². The van der Waals surface area contributed by atoms with Gasteiger partial charge in [0.05, 0.1) is 0 Å². The zero-order valence-corrected chi connectivity index (χ0v) is 12.8. The Morgan fingerprint density at radius 3 is 2.83 bits per heavy atom. The second-order valence-corrected chi connectivity index (χ2v) is 6.92. The number of hydrogen-bond acceptors (Lipinski definition) is 2. The van der Waals surface area contributed by atoms with Crippen LogP contribution >= 0.6 is 15.9 Å². The maximum absolute atomic E-state index is 9.57. The molecule has 3 heteroatoms. The Morgan fingerprint density at radius 1 is 1.28 bits per heavy atom. The molecule has 1 heterocycles. The third-order valence-electron chi connectivity index (χ3n) is 3.86. The van der Waals surface area contributed by atoms with Gasteiger partial charge in [0.25, 0.3) is 0 Å². The van der Waals surface area contributed by atoms with E-state index in [1.807, 2.05) is 12.1 Å². The molecule has 1 aliphatic heterocycles. The van der Waals surface area contributed by atoms with Gasteiger partial charge in [-0.05, 0) is 61.5 Å². The lowest BCUT2D eigenvalue weighted by Crippen LogP contribution is -2.25. The summed E-state index contributed by atoms with van der Waals surface area (Å²) >= 11 is 3.56. The normalized spacial score (nSPS) is 20.6. The number of likely N-dealkylation sites (tertiary alicyclic amines) is 1. The van der Waals surface area contributed by atoms with Crippen LogP contribution in [0.25, 0.3) is 0 Å². The fourth-order valence-corrected chi connectivity index (χ4v) is 2.93. The van der Waals surface area contributed by atoms with Gasteiger partial charge in [-0.2, -0.15) is 0 Å². The van der Waals surface area contributed by atoms with E-state index in [-0.39, 0.29) is 0 Å². The van der Waals surface area contributed by atoms with E-state index >= 15 is 0 Å². The Labute approximate surface area is 118 Å². The Balaban J connectivity index is 2.03. The smallest absolute Gasteiger partial charge is 0.115 e. The van der Waals surface area contributed by atoms with Crippen molar-refractivity contribution in [1.82, 2.24) is 4.90 Å². The molecule has 0 atom stereocenters. The van der Waals surface area contributed by atoms with Crippen LogP contribution in [0.1, 0.15) is 38.7 Å². The molecular weight excluding hydrogens is 290 g/mol. The molecule has 0 bridgehead atoms. The second-order valence-electron chi connectivity index (χ2n) is 6.07. The van der Waals surface area contributed by atoms with E-state index in [0.29, 0.717) is 11.2 Å². The summed E-state index contributed by atoms with van der Waals surface area (Å²) in [5, 5.41) is 9.57. The van der Waals surface area contributed by atoms with Crippen LogP contribution in [-0.2, 0) is 6.54 Å². The van der Waals surface area contributed by atoms with Crippen LogP contribution in [0, 0.1) is 5.41 Å². The van der Waals surface area contributed by atoms with Gasteiger partial charge in [-0.25, -0.2) is 0 Å². The fraction of sp³-hybridized carbons (Fsp3) is 0.600. The zero-order valence-electron chi connectivity index (χ0n) is 11.2. The van der Waals surface area contributed by atoms with Crippen LogP contribution in [0.5, 0.6) is 5.75 Å². The number of phenolic OH excluding ortho intramolecular Hbond substituents is 1. The van der Waals surface area contributed by atoms with Crippen molar-refractivity contribution in [2.45, 2.75) is 39.7 Å². The lowest BCUT2D eigenvalue weighted by Gasteiger charge is -2.23. The van der Waals surface area contributed by atoms with Crippen molar-refractivity contribution in [2.24, 2.45) is 5.41 Å². The second kappa shape index (κ2) is 5.62. The summed E-state index contributed by atoms with van der Waals surface area (Å²) in [6, 6.07) is 5.51. The summed E-state index contributed by atoms with van der Waals surface area (Å²) in [5.41, 5.74) is 1.65. The van der Waals surface area contributed by atoms with Crippen LogP contribution in [-0.4, -0.2) is 23.1 Å². The minimum atomic E-state index is 0.350. The number of benzene rings is 1. The van der Waals surface area contributed by atoms with E-state index < -0.39 is 0 Å². The third-order valence-corrected chi connectivity index (χ3v) is 4.63. The van der Waals surface area contributed by atoms with E-state index in [1.165, 1.54) is 24.8 Å². The molecule has 1 saturated heterocycles. The minimum Gasteiger partial charge on any atom is -0.508 e. The van der Waals surface area contributed by atoms with Gasteiger partial charge < -0.3 is 5.11 Å². The van der Waals surface area contributed by atoms with E-state index in [2.05, 4.69) is 34.7 Å². The molecule has 2 nitrogen and oxygen atoms in total. The predicted octanol–water partition coefficient (Wildman–Crippen LogP) is 4.17. The van der Waals surface area contributed by atoms with E-state index in [1.54, 1.807) is 6.07 Å². The number of halogens is 1. The van der Waals surface area contributed by atoms with Gasteiger partial charge in [0, 0.05) is 11.0 Å². The first-order chi connectivity index (χ1) is 8.46. The lowest BCUT2D eigenvalue weighted by atomic mass is 9.85. The highest BCUT2D eigenvalue weighted by Gasteiger charge is 2.23. The molecule has 2 rings (SSSR count). The van der Waals surface area contributed by atoms with E-state index in [0.717, 1.165) is 24.1 Å². The average molecular weight is 312 g/mol.